The molecular weight excluding hydrogens is 280 g/mol. The van der Waals surface area contributed by atoms with Crippen molar-refractivity contribution in [2.45, 2.75) is 26.3 Å². The van der Waals surface area contributed by atoms with Crippen LogP contribution in [-0.4, -0.2) is 0 Å². The van der Waals surface area contributed by atoms with Crippen LogP contribution < -0.4 is 5.73 Å². The van der Waals surface area contributed by atoms with E-state index in [4.69, 9.17) is 5.73 Å². The van der Waals surface area contributed by atoms with E-state index >= 15 is 0 Å². The minimum atomic E-state index is -0.137. The Kier molecular flexibility index (Phi) is 3.67. The van der Waals surface area contributed by atoms with E-state index in [0.717, 1.165) is 14.7 Å². The molecule has 0 radical (unpaired) electrons. The molecule has 13 heavy (non-hydrogen) atoms. The predicted molar refractivity (Wildman–Crippen MR) is 61.1 cm³/mol. The van der Waals surface area contributed by atoms with E-state index in [0.29, 0.717) is 6.54 Å². The Bertz CT molecular complexity index is 310. The lowest BCUT2D eigenvalue weighted by Gasteiger charge is -2.12. The van der Waals surface area contributed by atoms with Gasteiger partial charge in [0.05, 0.1) is 0 Å². The first kappa shape index (κ1) is 10.9. The Morgan fingerprint density at radius 1 is 1.46 bits per heavy atom. The van der Waals surface area contributed by atoms with Gasteiger partial charge in [-0.25, -0.2) is 4.39 Å². The molecule has 72 valence electrons. The van der Waals surface area contributed by atoms with Crippen LogP contribution in [0.4, 0.5) is 4.39 Å². The minimum Gasteiger partial charge on any atom is -0.326 e. The molecule has 3 heteroatoms. The SMILES string of the molecule is CC(C)c1c(F)cc(I)cc1CN. The number of benzene rings is 1. The molecule has 0 aliphatic rings. The Labute approximate surface area is 91.7 Å². The van der Waals surface area contributed by atoms with E-state index < -0.39 is 0 Å². The number of halogens is 2. The third-order valence-electron chi connectivity index (χ3n) is 1.98. The molecule has 0 spiro atoms. The van der Waals surface area contributed by atoms with E-state index in [2.05, 4.69) is 22.6 Å². The lowest BCUT2D eigenvalue weighted by molar-refractivity contribution is 0.592. The molecule has 1 aromatic rings. The van der Waals surface area contributed by atoms with Crippen LogP contribution in [0.5, 0.6) is 0 Å². The molecule has 0 aliphatic heterocycles. The zero-order valence-corrected chi connectivity index (χ0v) is 9.93. The van der Waals surface area contributed by atoms with E-state index in [1.807, 2.05) is 19.9 Å². The highest BCUT2D eigenvalue weighted by atomic mass is 127. The van der Waals surface area contributed by atoms with E-state index in [1.165, 1.54) is 0 Å². The Morgan fingerprint density at radius 3 is 2.54 bits per heavy atom. The van der Waals surface area contributed by atoms with Gasteiger partial charge in [0.2, 0.25) is 0 Å². The molecule has 2 N–H and O–H groups in total. The van der Waals surface area contributed by atoms with Gasteiger partial charge in [-0.05, 0) is 51.8 Å². The second-order valence-electron chi connectivity index (χ2n) is 3.32. The zero-order valence-electron chi connectivity index (χ0n) is 7.77. The largest absolute Gasteiger partial charge is 0.326 e. The molecule has 1 aromatic carbocycles. The maximum Gasteiger partial charge on any atom is 0.128 e. The van der Waals surface area contributed by atoms with Crippen molar-refractivity contribution in [1.82, 2.24) is 0 Å². The first-order chi connectivity index (χ1) is 6.06. The van der Waals surface area contributed by atoms with Crippen LogP contribution in [0.1, 0.15) is 30.9 Å². The molecule has 0 bridgehead atoms. The lowest BCUT2D eigenvalue weighted by Crippen LogP contribution is -2.06. The van der Waals surface area contributed by atoms with Crippen molar-refractivity contribution < 1.29 is 4.39 Å². The molecule has 0 aromatic heterocycles. The van der Waals surface area contributed by atoms with Crippen LogP contribution in [0.15, 0.2) is 12.1 Å². The fourth-order valence-corrected chi connectivity index (χ4v) is 2.10. The molecule has 1 rings (SSSR count). The fourth-order valence-electron chi connectivity index (χ4n) is 1.45. The highest BCUT2D eigenvalue weighted by molar-refractivity contribution is 14.1. The molecule has 0 aliphatic carbocycles. The van der Waals surface area contributed by atoms with E-state index in [-0.39, 0.29) is 11.7 Å². The van der Waals surface area contributed by atoms with Crippen molar-refractivity contribution in [3.8, 4) is 0 Å². The fraction of sp³-hybridized carbons (Fsp3) is 0.400. The van der Waals surface area contributed by atoms with Gasteiger partial charge in [-0.2, -0.15) is 0 Å². The topological polar surface area (TPSA) is 26.0 Å². The minimum absolute atomic E-state index is 0.137. The van der Waals surface area contributed by atoms with Crippen molar-refractivity contribution in [2.24, 2.45) is 5.73 Å². The smallest absolute Gasteiger partial charge is 0.128 e. The maximum absolute atomic E-state index is 13.5. The molecule has 0 fully saturated rings. The summed E-state index contributed by atoms with van der Waals surface area (Å²) < 4.78 is 14.4. The number of rotatable bonds is 2. The average Bonchev–Trinajstić information content (AvgIpc) is 2.01. The molecule has 0 atom stereocenters. The summed E-state index contributed by atoms with van der Waals surface area (Å²) in [7, 11) is 0. The van der Waals surface area contributed by atoms with Crippen LogP contribution in [0.3, 0.4) is 0 Å². The molecule has 0 heterocycles. The third-order valence-corrected chi connectivity index (χ3v) is 2.60. The lowest BCUT2D eigenvalue weighted by atomic mass is 9.97. The highest BCUT2D eigenvalue weighted by Crippen LogP contribution is 2.24. The van der Waals surface area contributed by atoms with Crippen molar-refractivity contribution in [3.05, 3.63) is 32.6 Å². The molecule has 1 nitrogen and oxygen atoms in total. The maximum atomic E-state index is 13.5. The molecule has 0 amide bonds. The van der Waals surface area contributed by atoms with Crippen LogP contribution in [0, 0.1) is 9.39 Å². The summed E-state index contributed by atoms with van der Waals surface area (Å²) in [5.74, 6) is 0.0536. The second-order valence-corrected chi connectivity index (χ2v) is 4.56. The van der Waals surface area contributed by atoms with Gasteiger partial charge >= 0.3 is 0 Å². The predicted octanol–water partition coefficient (Wildman–Crippen LogP) is 3.01. The molecule has 0 saturated carbocycles. The monoisotopic (exact) mass is 293 g/mol. The highest BCUT2D eigenvalue weighted by Gasteiger charge is 2.12. The van der Waals surface area contributed by atoms with Crippen LogP contribution in [0.25, 0.3) is 0 Å². The van der Waals surface area contributed by atoms with Gasteiger partial charge in [0.25, 0.3) is 0 Å². The van der Waals surface area contributed by atoms with Crippen molar-refractivity contribution in [1.29, 1.82) is 0 Å². The quantitative estimate of drug-likeness (QED) is 0.833. The molecular formula is C10H13FIN. The summed E-state index contributed by atoms with van der Waals surface area (Å²) in [5.41, 5.74) is 7.23. The molecule has 0 unspecified atom stereocenters. The Morgan fingerprint density at radius 2 is 2.08 bits per heavy atom. The van der Waals surface area contributed by atoms with Crippen molar-refractivity contribution in [2.75, 3.05) is 0 Å². The summed E-state index contributed by atoms with van der Waals surface area (Å²) in [6.07, 6.45) is 0. The molecule has 0 saturated heterocycles. The first-order valence-electron chi connectivity index (χ1n) is 4.24. The Hall–Kier alpha value is -0.160. The summed E-state index contributed by atoms with van der Waals surface area (Å²) in [5, 5.41) is 0. The van der Waals surface area contributed by atoms with Gasteiger partial charge in [0, 0.05) is 10.1 Å². The standard InChI is InChI=1S/C10H13FIN/c1-6(2)10-7(5-13)3-8(12)4-9(10)11/h3-4,6H,5,13H2,1-2H3. The third kappa shape index (κ3) is 2.40. The van der Waals surface area contributed by atoms with Crippen molar-refractivity contribution in [3.63, 3.8) is 0 Å². The summed E-state index contributed by atoms with van der Waals surface area (Å²) in [6, 6.07) is 3.49. The van der Waals surface area contributed by atoms with Gasteiger partial charge in [-0.15, -0.1) is 0 Å². The van der Waals surface area contributed by atoms with Gasteiger partial charge in [0.15, 0.2) is 0 Å². The van der Waals surface area contributed by atoms with Gasteiger partial charge in [-0.3, -0.25) is 0 Å². The van der Waals surface area contributed by atoms with Crippen LogP contribution >= 0.6 is 22.6 Å². The van der Waals surface area contributed by atoms with Crippen molar-refractivity contribution >= 4 is 22.6 Å². The number of hydrogen-bond acceptors (Lipinski definition) is 1. The Balaban J connectivity index is 3.30. The summed E-state index contributed by atoms with van der Waals surface area (Å²) in [4.78, 5) is 0. The van der Waals surface area contributed by atoms with E-state index in [1.54, 1.807) is 6.07 Å². The zero-order chi connectivity index (χ0) is 10.0. The van der Waals surface area contributed by atoms with Crippen LogP contribution in [0.2, 0.25) is 0 Å². The van der Waals surface area contributed by atoms with Gasteiger partial charge < -0.3 is 5.73 Å². The average molecular weight is 293 g/mol. The van der Waals surface area contributed by atoms with E-state index in [9.17, 15) is 4.39 Å². The summed E-state index contributed by atoms with van der Waals surface area (Å²) >= 11 is 2.10. The first-order valence-corrected chi connectivity index (χ1v) is 5.32. The number of hydrogen-bond donors (Lipinski definition) is 1. The van der Waals surface area contributed by atoms with Gasteiger partial charge in [0.1, 0.15) is 5.82 Å². The number of nitrogens with two attached hydrogens (primary N) is 1. The van der Waals surface area contributed by atoms with Gasteiger partial charge in [-0.1, -0.05) is 13.8 Å². The summed E-state index contributed by atoms with van der Waals surface area (Å²) in [6.45, 7) is 4.36. The van der Waals surface area contributed by atoms with Crippen LogP contribution in [-0.2, 0) is 6.54 Å². The second kappa shape index (κ2) is 4.37. The normalized spacial score (nSPS) is 10.9.